The smallest absolute Gasteiger partial charge is 0.323 e. The Hall–Kier alpha value is -4.46. The van der Waals surface area contributed by atoms with Gasteiger partial charge in [-0.05, 0) is 119 Å². The standard InChI is InChI=1S/C49H54N2O3S2/c1-3-5-7-9-12-34-16-23-38(24-17-34)42(39-25-18-35(19-26-39)13-10-8-6-4-2)30-37-22-29-45-43(31-37)41-14-11-15-44(41)51(45)40-27-20-36(21-28-40)32-46-48(54)50(33-47(52)53)49(55)56-46/h16-32,41,44H,3-15,33H2,1-2H3,(H,52,53)/b46-32-. The molecule has 2 aliphatic heterocycles. The van der Waals surface area contributed by atoms with Gasteiger partial charge >= 0.3 is 5.97 Å². The summed E-state index contributed by atoms with van der Waals surface area (Å²) in [6.07, 6.45) is 20.2. The van der Waals surface area contributed by atoms with E-state index in [-0.39, 0.29) is 10.2 Å². The van der Waals surface area contributed by atoms with E-state index in [0.717, 1.165) is 47.2 Å². The third kappa shape index (κ3) is 9.22. The summed E-state index contributed by atoms with van der Waals surface area (Å²) in [6.45, 7) is 4.11. The first kappa shape index (κ1) is 39.8. The third-order valence-corrected chi connectivity index (χ3v) is 13.0. The minimum atomic E-state index is -1.08. The lowest BCUT2D eigenvalue weighted by molar-refractivity contribution is -0.140. The zero-order valence-corrected chi connectivity index (χ0v) is 34.5. The number of thioether (sulfide) groups is 1. The number of thiocarbonyl (C=S) groups is 1. The Kier molecular flexibility index (Phi) is 13.2. The second-order valence-corrected chi connectivity index (χ2v) is 17.3. The van der Waals surface area contributed by atoms with Crippen molar-refractivity contribution in [2.24, 2.45) is 0 Å². The van der Waals surface area contributed by atoms with Crippen LogP contribution >= 0.6 is 24.0 Å². The minimum Gasteiger partial charge on any atom is -0.480 e. The molecule has 1 saturated carbocycles. The average molecular weight is 783 g/mol. The van der Waals surface area contributed by atoms with Gasteiger partial charge in [0.25, 0.3) is 5.91 Å². The number of hydrogen-bond acceptors (Lipinski definition) is 5. The Labute approximate surface area is 342 Å². The molecule has 2 fully saturated rings. The van der Waals surface area contributed by atoms with Gasteiger partial charge in [-0.2, -0.15) is 0 Å². The summed E-state index contributed by atoms with van der Waals surface area (Å²) < 4.78 is 0.277. The fourth-order valence-corrected chi connectivity index (χ4v) is 9.92. The number of carbonyl (C=O) groups excluding carboxylic acids is 1. The van der Waals surface area contributed by atoms with Crippen molar-refractivity contribution >= 4 is 69.3 Å². The molecular weight excluding hydrogens is 729 g/mol. The molecule has 2 unspecified atom stereocenters. The second-order valence-electron chi connectivity index (χ2n) is 15.6. The number of hydrogen-bond donors (Lipinski definition) is 1. The fourth-order valence-electron chi connectivity index (χ4n) is 8.67. The molecule has 4 aromatic carbocycles. The van der Waals surface area contributed by atoms with Gasteiger partial charge in [-0.25, -0.2) is 0 Å². The van der Waals surface area contributed by atoms with Crippen LogP contribution in [0.25, 0.3) is 17.7 Å². The number of rotatable bonds is 17. The summed E-state index contributed by atoms with van der Waals surface area (Å²) in [5.74, 6) is -0.953. The molecule has 0 aromatic heterocycles. The van der Waals surface area contributed by atoms with E-state index in [2.05, 4.69) is 104 Å². The first-order chi connectivity index (χ1) is 27.3. The first-order valence-corrected chi connectivity index (χ1v) is 22.0. The zero-order chi connectivity index (χ0) is 39.0. The van der Waals surface area contributed by atoms with Gasteiger partial charge in [-0.15, -0.1) is 0 Å². The molecule has 4 aromatic rings. The maximum atomic E-state index is 12.9. The Morgan fingerprint density at radius 1 is 0.786 bits per heavy atom. The molecule has 0 spiro atoms. The summed E-state index contributed by atoms with van der Waals surface area (Å²) in [5, 5.41) is 9.20. The molecule has 0 bridgehead atoms. The highest BCUT2D eigenvalue weighted by Gasteiger charge is 2.42. The van der Waals surface area contributed by atoms with Crippen LogP contribution in [0, 0.1) is 0 Å². The largest absolute Gasteiger partial charge is 0.480 e. The van der Waals surface area contributed by atoms with Gasteiger partial charge in [0.05, 0.1) is 4.91 Å². The summed E-state index contributed by atoms with van der Waals surface area (Å²) in [5.41, 5.74) is 12.6. The van der Waals surface area contributed by atoms with Crippen molar-refractivity contribution in [3.63, 3.8) is 0 Å². The second kappa shape index (κ2) is 18.7. The van der Waals surface area contributed by atoms with Crippen LogP contribution in [-0.2, 0) is 22.4 Å². The molecular formula is C49H54N2O3S2. The van der Waals surface area contributed by atoms with Gasteiger partial charge in [0, 0.05) is 23.3 Å². The molecule has 2 heterocycles. The molecule has 290 valence electrons. The maximum absolute atomic E-state index is 12.9. The predicted octanol–water partition coefficient (Wildman–Crippen LogP) is 12.6. The quantitative estimate of drug-likeness (QED) is 0.0498. The number of unbranched alkanes of at least 4 members (excludes halogenated alkanes) is 6. The normalized spacial score (nSPS) is 18.1. The van der Waals surface area contributed by atoms with E-state index in [4.69, 9.17) is 12.2 Å². The molecule has 1 aliphatic carbocycles. The van der Waals surface area contributed by atoms with Gasteiger partial charge in [-0.3, -0.25) is 14.5 Å². The third-order valence-electron chi connectivity index (χ3n) is 11.6. The lowest BCUT2D eigenvalue weighted by Gasteiger charge is -2.27. The molecule has 1 N–H and O–H groups in total. The molecule has 2 atom stereocenters. The zero-order valence-electron chi connectivity index (χ0n) is 32.8. The van der Waals surface area contributed by atoms with Crippen LogP contribution in [0.5, 0.6) is 0 Å². The van der Waals surface area contributed by atoms with E-state index in [0.29, 0.717) is 16.9 Å². The number of benzene rings is 4. The summed E-state index contributed by atoms with van der Waals surface area (Å²) in [4.78, 5) is 28.2. The van der Waals surface area contributed by atoms with Gasteiger partial charge < -0.3 is 10.0 Å². The highest BCUT2D eigenvalue weighted by atomic mass is 32.2. The molecule has 5 nitrogen and oxygen atoms in total. The first-order valence-electron chi connectivity index (χ1n) is 20.7. The maximum Gasteiger partial charge on any atom is 0.323 e. The van der Waals surface area contributed by atoms with Crippen LogP contribution in [0.3, 0.4) is 0 Å². The topological polar surface area (TPSA) is 60.9 Å². The number of aryl methyl sites for hydroxylation is 2. The van der Waals surface area contributed by atoms with Crippen molar-refractivity contribution in [1.82, 2.24) is 4.90 Å². The predicted molar refractivity (Wildman–Crippen MR) is 238 cm³/mol. The van der Waals surface area contributed by atoms with Crippen LogP contribution in [0.1, 0.15) is 129 Å². The number of aliphatic carboxylic acids is 1. The van der Waals surface area contributed by atoms with Crippen molar-refractivity contribution in [3.8, 4) is 0 Å². The van der Waals surface area contributed by atoms with E-state index in [9.17, 15) is 14.7 Å². The SMILES string of the molecule is CCCCCCc1ccc(C(=Cc2ccc3c(c2)C2CCCC2N3c2ccc(/C=C3\SC(=S)N(CC(=O)O)C3=O)cc2)c2ccc(CCCCCC)cc2)cc1. The Morgan fingerprint density at radius 2 is 1.39 bits per heavy atom. The number of carboxylic acid groups (broad SMARTS) is 1. The highest BCUT2D eigenvalue weighted by Crippen LogP contribution is 2.52. The number of amides is 1. The number of nitrogens with zero attached hydrogens (tertiary/aromatic N) is 2. The number of anilines is 2. The Balaban J connectivity index is 1.15. The Bertz CT molecular complexity index is 2030. The molecule has 7 rings (SSSR count). The van der Waals surface area contributed by atoms with E-state index < -0.39 is 12.5 Å². The summed E-state index contributed by atoms with van der Waals surface area (Å²) >= 11 is 6.44. The molecule has 1 amide bonds. The van der Waals surface area contributed by atoms with E-state index in [1.54, 1.807) is 6.08 Å². The summed E-state index contributed by atoms with van der Waals surface area (Å²) in [7, 11) is 0. The molecule has 1 saturated heterocycles. The van der Waals surface area contributed by atoms with E-state index >= 15 is 0 Å². The van der Waals surface area contributed by atoms with Gasteiger partial charge in [-0.1, -0.05) is 150 Å². The molecule has 0 radical (unpaired) electrons. The lowest BCUT2D eigenvalue weighted by atomic mass is 9.91. The summed E-state index contributed by atoms with van der Waals surface area (Å²) in [6, 6.07) is 34.4. The molecule has 7 heteroatoms. The van der Waals surface area contributed by atoms with Gasteiger partial charge in [0.1, 0.15) is 10.9 Å². The lowest BCUT2D eigenvalue weighted by Crippen LogP contribution is -2.33. The highest BCUT2D eigenvalue weighted by molar-refractivity contribution is 8.26. The van der Waals surface area contributed by atoms with Crippen molar-refractivity contribution in [3.05, 3.63) is 135 Å². The number of carbonyl (C=O) groups is 2. The van der Waals surface area contributed by atoms with Crippen LogP contribution in [0.2, 0.25) is 0 Å². The van der Waals surface area contributed by atoms with Crippen LogP contribution in [-0.4, -0.2) is 38.8 Å². The average Bonchev–Trinajstić information content (AvgIpc) is 3.88. The molecule has 3 aliphatic rings. The fraction of sp³-hybridized carbons (Fsp3) is 0.367. The number of carboxylic acids is 1. The van der Waals surface area contributed by atoms with Crippen molar-refractivity contribution in [2.75, 3.05) is 11.4 Å². The number of fused-ring (bicyclic) bond motifs is 3. The molecule has 56 heavy (non-hydrogen) atoms. The Morgan fingerprint density at radius 3 is 1.98 bits per heavy atom. The van der Waals surface area contributed by atoms with Crippen molar-refractivity contribution in [1.29, 1.82) is 0 Å². The van der Waals surface area contributed by atoms with Gasteiger partial charge in [0.15, 0.2) is 0 Å². The van der Waals surface area contributed by atoms with Gasteiger partial charge in [0.2, 0.25) is 0 Å². The van der Waals surface area contributed by atoms with Crippen LogP contribution in [0.4, 0.5) is 11.4 Å². The monoisotopic (exact) mass is 782 g/mol. The van der Waals surface area contributed by atoms with Crippen molar-refractivity contribution < 1.29 is 14.7 Å². The van der Waals surface area contributed by atoms with E-state index in [1.807, 2.05) is 12.1 Å². The minimum absolute atomic E-state index is 0.277. The van der Waals surface area contributed by atoms with Crippen molar-refractivity contribution in [2.45, 2.75) is 109 Å². The van der Waals surface area contributed by atoms with Crippen LogP contribution < -0.4 is 4.90 Å². The van der Waals surface area contributed by atoms with E-state index in [1.165, 1.54) is 109 Å². The van der Waals surface area contributed by atoms with Crippen LogP contribution in [0.15, 0.2) is 95.9 Å².